The van der Waals surface area contributed by atoms with Gasteiger partial charge in [0.2, 0.25) is 0 Å². The number of rotatable bonds is 8. The Balaban J connectivity index is 2.55. The van der Waals surface area contributed by atoms with Crippen LogP contribution < -0.4 is 5.43 Å². The van der Waals surface area contributed by atoms with Gasteiger partial charge in [0, 0.05) is 12.1 Å². The van der Waals surface area contributed by atoms with Crippen molar-refractivity contribution in [3.05, 3.63) is 34.4 Å². The van der Waals surface area contributed by atoms with Crippen LogP contribution in [-0.2, 0) is 0 Å². The van der Waals surface area contributed by atoms with Crippen molar-refractivity contribution >= 4 is 17.6 Å². The van der Waals surface area contributed by atoms with Crippen molar-refractivity contribution in [3.63, 3.8) is 0 Å². The fourth-order valence-corrected chi connectivity index (χ4v) is 1.47. The summed E-state index contributed by atoms with van der Waals surface area (Å²) < 4.78 is 0. The molecule has 6 N–H and O–H groups in total. The number of benzene rings is 1. The average Bonchev–Trinajstić information content (AvgIpc) is 2.52. The van der Waals surface area contributed by atoms with E-state index in [0.717, 1.165) is 6.21 Å². The zero-order valence-corrected chi connectivity index (χ0v) is 11.4. The van der Waals surface area contributed by atoms with Crippen LogP contribution in [-0.4, -0.2) is 67.7 Å². The lowest BCUT2D eigenvalue weighted by molar-refractivity contribution is -0.384. The number of aliphatic hydroxyl groups is 5. The number of hydrazone groups is 1. The molecule has 0 bridgehead atoms. The maximum absolute atomic E-state index is 10.5. The van der Waals surface area contributed by atoms with Gasteiger partial charge in [-0.05, 0) is 12.1 Å². The van der Waals surface area contributed by atoms with Crippen LogP contribution in [0.3, 0.4) is 0 Å². The molecule has 0 fully saturated rings. The third kappa shape index (κ3) is 5.02. The van der Waals surface area contributed by atoms with Crippen molar-refractivity contribution in [2.24, 2.45) is 5.10 Å². The van der Waals surface area contributed by atoms with Gasteiger partial charge in [0.05, 0.1) is 23.4 Å². The standard InChI is InChI=1S/C12H17N3O7/c16-6-10(18)12(20)11(19)9(17)5-13-14-7-1-3-8(4-2-7)15(21)22/h1-5,9-12,14,16-20H,6H2. The Bertz CT molecular complexity index is 508. The molecule has 10 heteroatoms. The van der Waals surface area contributed by atoms with Crippen LogP contribution in [0, 0.1) is 10.1 Å². The molecule has 10 nitrogen and oxygen atoms in total. The molecule has 0 saturated carbocycles. The van der Waals surface area contributed by atoms with E-state index in [0.29, 0.717) is 5.69 Å². The van der Waals surface area contributed by atoms with Gasteiger partial charge < -0.3 is 25.5 Å². The van der Waals surface area contributed by atoms with Crippen LogP contribution in [0.15, 0.2) is 29.4 Å². The van der Waals surface area contributed by atoms with Gasteiger partial charge in [0.25, 0.3) is 5.69 Å². The summed E-state index contributed by atoms with van der Waals surface area (Å²) in [5.41, 5.74) is 2.77. The lowest BCUT2D eigenvalue weighted by Gasteiger charge is -2.23. The van der Waals surface area contributed by atoms with Crippen molar-refractivity contribution in [2.45, 2.75) is 24.4 Å². The zero-order chi connectivity index (χ0) is 16.7. The Morgan fingerprint density at radius 2 is 1.77 bits per heavy atom. The van der Waals surface area contributed by atoms with Crippen molar-refractivity contribution in [2.75, 3.05) is 12.0 Å². The molecule has 4 unspecified atom stereocenters. The van der Waals surface area contributed by atoms with E-state index in [1.54, 1.807) is 0 Å². The zero-order valence-electron chi connectivity index (χ0n) is 11.4. The number of nitro groups is 1. The van der Waals surface area contributed by atoms with Crippen molar-refractivity contribution in [1.82, 2.24) is 0 Å². The molecule has 1 rings (SSSR count). The first-order valence-corrected chi connectivity index (χ1v) is 6.23. The van der Waals surface area contributed by atoms with E-state index in [1.807, 2.05) is 0 Å². The first kappa shape index (κ1) is 17.9. The average molecular weight is 315 g/mol. The fraction of sp³-hybridized carbons (Fsp3) is 0.417. The number of non-ortho nitro benzene ring substituents is 1. The second kappa shape index (κ2) is 8.36. The van der Waals surface area contributed by atoms with Gasteiger partial charge in [-0.25, -0.2) is 0 Å². The fourth-order valence-electron chi connectivity index (χ4n) is 1.47. The topological polar surface area (TPSA) is 169 Å². The van der Waals surface area contributed by atoms with E-state index >= 15 is 0 Å². The number of nitrogens with zero attached hydrogens (tertiary/aromatic N) is 2. The highest BCUT2D eigenvalue weighted by molar-refractivity contribution is 5.65. The molecular weight excluding hydrogens is 298 g/mol. The molecule has 1 aromatic rings. The molecule has 1 aromatic carbocycles. The summed E-state index contributed by atoms with van der Waals surface area (Å²) in [6.45, 7) is -0.775. The highest BCUT2D eigenvalue weighted by atomic mass is 16.6. The predicted octanol–water partition coefficient (Wildman–Crippen LogP) is -1.57. The summed E-state index contributed by atoms with van der Waals surface area (Å²) in [6.07, 6.45) is -5.81. The molecule has 0 radical (unpaired) electrons. The summed E-state index contributed by atoms with van der Waals surface area (Å²) >= 11 is 0. The minimum absolute atomic E-state index is 0.0916. The molecular formula is C12H17N3O7. The number of aliphatic hydroxyl groups excluding tert-OH is 5. The molecule has 0 aliphatic rings. The van der Waals surface area contributed by atoms with Crippen molar-refractivity contribution in [3.8, 4) is 0 Å². The van der Waals surface area contributed by atoms with Crippen LogP contribution in [0.2, 0.25) is 0 Å². The predicted molar refractivity (Wildman–Crippen MR) is 76.3 cm³/mol. The first-order chi connectivity index (χ1) is 10.4. The van der Waals surface area contributed by atoms with Gasteiger partial charge >= 0.3 is 0 Å². The van der Waals surface area contributed by atoms with E-state index in [9.17, 15) is 25.4 Å². The summed E-state index contributed by atoms with van der Waals surface area (Å²) in [5, 5.41) is 60.3. The van der Waals surface area contributed by atoms with Crippen LogP contribution in [0.5, 0.6) is 0 Å². The third-order valence-corrected chi connectivity index (χ3v) is 2.78. The van der Waals surface area contributed by atoms with E-state index in [2.05, 4.69) is 10.5 Å². The Labute approximate surface area is 125 Å². The van der Waals surface area contributed by atoms with Crippen LogP contribution in [0.1, 0.15) is 0 Å². The van der Waals surface area contributed by atoms with Gasteiger partial charge in [-0.2, -0.15) is 5.10 Å². The van der Waals surface area contributed by atoms with Gasteiger partial charge in [0.15, 0.2) is 0 Å². The summed E-state index contributed by atoms with van der Waals surface area (Å²) in [4.78, 5) is 9.91. The Morgan fingerprint density at radius 3 is 2.27 bits per heavy atom. The quantitative estimate of drug-likeness (QED) is 0.190. The lowest BCUT2D eigenvalue weighted by atomic mass is 10.0. The van der Waals surface area contributed by atoms with Gasteiger partial charge in [-0.3, -0.25) is 15.5 Å². The molecule has 0 saturated heterocycles. The summed E-state index contributed by atoms with van der Waals surface area (Å²) in [6, 6.07) is 5.29. The molecule has 22 heavy (non-hydrogen) atoms. The number of hydrogen-bond donors (Lipinski definition) is 6. The molecule has 0 aromatic heterocycles. The normalized spacial score (nSPS) is 17.0. The molecule has 4 atom stereocenters. The molecule has 0 aliphatic carbocycles. The third-order valence-electron chi connectivity index (χ3n) is 2.78. The Kier molecular flexibility index (Phi) is 6.82. The second-order valence-corrected chi connectivity index (χ2v) is 4.42. The number of hydrogen-bond acceptors (Lipinski definition) is 9. The first-order valence-electron chi connectivity index (χ1n) is 6.23. The Hall–Kier alpha value is -2.11. The monoisotopic (exact) mass is 315 g/mol. The molecule has 0 amide bonds. The molecule has 0 spiro atoms. The number of nitrogens with one attached hydrogen (secondary N) is 1. The maximum Gasteiger partial charge on any atom is 0.269 e. The smallest absolute Gasteiger partial charge is 0.269 e. The van der Waals surface area contributed by atoms with Crippen molar-refractivity contribution < 1.29 is 30.5 Å². The minimum Gasteiger partial charge on any atom is -0.394 e. The van der Waals surface area contributed by atoms with E-state index in [1.165, 1.54) is 24.3 Å². The molecule has 122 valence electrons. The highest BCUT2D eigenvalue weighted by Crippen LogP contribution is 2.15. The van der Waals surface area contributed by atoms with Gasteiger partial charge in [-0.15, -0.1) is 0 Å². The van der Waals surface area contributed by atoms with E-state index in [4.69, 9.17) is 10.2 Å². The van der Waals surface area contributed by atoms with Crippen LogP contribution >= 0.6 is 0 Å². The maximum atomic E-state index is 10.5. The van der Waals surface area contributed by atoms with Gasteiger partial charge in [0.1, 0.15) is 24.4 Å². The van der Waals surface area contributed by atoms with Crippen molar-refractivity contribution in [1.29, 1.82) is 0 Å². The number of anilines is 1. The highest BCUT2D eigenvalue weighted by Gasteiger charge is 2.29. The van der Waals surface area contributed by atoms with E-state index in [-0.39, 0.29) is 5.69 Å². The van der Waals surface area contributed by atoms with Gasteiger partial charge in [-0.1, -0.05) is 0 Å². The van der Waals surface area contributed by atoms with Crippen LogP contribution in [0.25, 0.3) is 0 Å². The molecule has 0 heterocycles. The largest absolute Gasteiger partial charge is 0.394 e. The summed E-state index contributed by atoms with van der Waals surface area (Å²) in [7, 11) is 0. The lowest BCUT2D eigenvalue weighted by Crippen LogP contribution is -2.46. The van der Waals surface area contributed by atoms with Crippen LogP contribution in [0.4, 0.5) is 11.4 Å². The SMILES string of the molecule is O=[N+]([O-])c1ccc(NN=CC(O)C(O)C(O)C(O)CO)cc1. The minimum atomic E-state index is -1.75. The van der Waals surface area contributed by atoms with E-state index < -0.39 is 35.9 Å². The second-order valence-electron chi connectivity index (χ2n) is 4.42. The Morgan fingerprint density at radius 1 is 1.18 bits per heavy atom. The molecule has 0 aliphatic heterocycles. The number of nitro benzene ring substituents is 1. The summed E-state index contributed by atoms with van der Waals surface area (Å²) in [5.74, 6) is 0.